The van der Waals surface area contributed by atoms with Crippen LogP contribution < -0.4 is 11.1 Å². The maximum absolute atomic E-state index is 11.7. The second kappa shape index (κ2) is 4.52. The van der Waals surface area contributed by atoms with E-state index in [4.69, 9.17) is 5.73 Å². The summed E-state index contributed by atoms with van der Waals surface area (Å²) in [7, 11) is 0. The van der Waals surface area contributed by atoms with Crippen molar-refractivity contribution in [2.45, 2.75) is 6.54 Å². The van der Waals surface area contributed by atoms with Crippen LogP contribution >= 0.6 is 0 Å². The Labute approximate surface area is 96.2 Å². The van der Waals surface area contributed by atoms with E-state index in [0.29, 0.717) is 5.82 Å². The Morgan fingerprint density at radius 3 is 3.06 bits per heavy atom. The lowest BCUT2D eigenvalue weighted by Gasteiger charge is -2.06. The number of para-hydroxylation sites is 1. The normalized spacial score (nSPS) is 10.1. The van der Waals surface area contributed by atoms with Crippen molar-refractivity contribution in [3.8, 4) is 5.75 Å². The van der Waals surface area contributed by atoms with E-state index in [1.54, 1.807) is 6.07 Å². The lowest BCUT2D eigenvalue weighted by molar-refractivity contribution is 0.0947. The number of nitrogens with one attached hydrogen (secondary N) is 1. The summed E-state index contributed by atoms with van der Waals surface area (Å²) in [6, 6.07) is 4.56. The Morgan fingerprint density at radius 1 is 1.53 bits per heavy atom. The fraction of sp³-hybridized carbons (Fsp3) is 0.100. The number of nitrogen functional groups attached to an aromatic ring is 1. The highest BCUT2D eigenvalue weighted by Gasteiger charge is 2.13. The average molecular weight is 234 g/mol. The molecule has 1 heterocycles. The molecule has 0 fully saturated rings. The number of hydrogen-bond acceptors (Lipinski definition) is 6. The minimum Gasteiger partial charge on any atom is -0.505 e. The summed E-state index contributed by atoms with van der Waals surface area (Å²) in [5, 5.41) is 15.7. The quantitative estimate of drug-likeness (QED) is 0.519. The molecule has 0 radical (unpaired) electrons. The van der Waals surface area contributed by atoms with Crippen LogP contribution in [0, 0.1) is 0 Å². The molecule has 0 aliphatic heterocycles. The summed E-state index contributed by atoms with van der Waals surface area (Å²) < 4.78 is 4.51. The third kappa shape index (κ3) is 2.33. The van der Waals surface area contributed by atoms with Crippen LogP contribution in [0.25, 0.3) is 0 Å². The van der Waals surface area contributed by atoms with Gasteiger partial charge in [-0.3, -0.25) is 4.79 Å². The Morgan fingerprint density at radius 2 is 2.35 bits per heavy atom. The van der Waals surface area contributed by atoms with Crippen LogP contribution in [0.15, 0.2) is 29.1 Å². The molecule has 4 N–H and O–H groups in total. The zero-order valence-corrected chi connectivity index (χ0v) is 8.75. The van der Waals surface area contributed by atoms with E-state index in [1.165, 1.54) is 18.5 Å². The highest BCUT2D eigenvalue weighted by molar-refractivity contribution is 5.98. The Bertz CT molecular complexity index is 524. The van der Waals surface area contributed by atoms with Gasteiger partial charge in [0.05, 0.1) is 17.8 Å². The van der Waals surface area contributed by atoms with Crippen molar-refractivity contribution in [1.82, 2.24) is 15.5 Å². The molecule has 0 saturated carbocycles. The van der Waals surface area contributed by atoms with Gasteiger partial charge in [-0.2, -0.15) is 4.98 Å². The summed E-state index contributed by atoms with van der Waals surface area (Å²) in [6.45, 7) is 0.115. The van der Waals surface area contributed by atoms with Crippen LogP contribution in [-0.2, 0) is 6.54 Å². The second-order valence-electron chi connectivity index (χ2n) is 3.27. The number of benzene rings is 1. The number of nitrogens with two attached hydrogens (primary N) is 1. The molecule has 1 aromatic heterocycles. The summed E-state index contributed by atoms with van der Waals surface area (Å²) in [4.78, 5) is 15.4. The summed E-state index contributed by atoms with van der Waals surface area (Å²) in [6.07, 6.45) is 1.17. The largest absolute Gasteiger partial charge is 0.505 e. The van der Waals surface area contributed by atoms with Crippen molar-refractivity contribution in [3.63, 3.8) is 0 Å². The molecule has 0 aliphatic rings. The first-order valence-corrected chi connectivity index (χ1v) is 4.79. The number of aromatic nitrogens is 2. The topological polar surface area (TPSA) is 114 Å². The molecule has 0 unspecified atom stereocenters. The number of hydrogen-bond donors (Lipinski definition) is 3. The van der Waals surface area contributed by atoms with Crippen LogP contribution in [0.2, 0.25) is 0 Å². The molecule has 0 bridgehead atoms. The number of rotatable bonds is 3. The molecule has 2 rings (SSSR count). The van der Waals surface area contributed by atoms with Crippen molar-refractivity contribution in [1.29, 1.82) is 0 Å². The first-order valence-electron chi connectivity index (χ1n) is 4.79. The Hall–Kier alpha value is -2.57. The van der Waals surface area contributed by atoms with Crippen LogP contribution in [0.4, 0.5) is 5.69 Å². The van der Waals surface area contributed by atoms with Crippen LogP contribution in [0.1, 0.15) is 16.2 Å². The number of nitrogens with zero attached hydrogens (tertiary/aromatic N) is 2. The molecule has 0 aliphatic carbocycles. The first kappa shape index (κ1) is 10.9. The lowest BCUT2D eigenvalue weighted by atomic mass is 10.1. The third-order valence-electron chi connectivity index (χ3n) is 2.13. The highest BCUT2D eigenvalue weighted by Crippen LogP contribution is 2.24. The number of carbonyl (C=O) groups is 1. The molecule has 88 valence electrons. The number of anilines is 1. The standard InChI is InChI=1S/C10H10N4O3/c11-7-3-1-2-6(9(7)15)10(16)12-4-8-13-5-17-14-8/h1-3,5,15H,4,11H2,(H,12,16). The molecular weight excluding hydrogens is 224 g/mol. The number of carbonyl (C=O) groups excluding carboxylic acids is 1. The van der Waals surface area contributed by atoms with Gasteiger partial charge in [-0.15, -0.1) is 0 Å². The van der Waals surface area contributed by atoms with Gasteiger partial charge in [0.2, 0.25) is 6.39 Å². The van der Waals surface area contributed by atoms with Crippen molar-refractivity contribution in [2.24, 2.45) is 0 Å². The SMILES string of the molecule is Nc1cccc(C(=O)NCc2ncon2)c1O. The van der Waals surface area contributed by atoms with E-state index in [0.717, 1.165) is 0 Å². The molecule has 17 heavy (non-hydrogen) atoms. The van der Waals surface area contributed by atoms with E-state index in [1.807, 2.05) is 0 Å². The predicted molar refractivity (Wildman–Crippen MR) is 58.0 cm³/mol. The van der Waals surface area contributed by atoms with Gasteiger partial charge < -0.3 is 20.7 Å². The van der Waals surface area contributed by atoms with E-state index in [2.05, 4.69) is 20.0 Å². The van der Waals surface area contributed by atoms with E-state index in [9.17, 15) is 9.90 Å². The van der Waals surface area contributed by atoms with Gasteiger partial charge in [0, 0.05) is 0 Å². The van der Waals surface area contributed by atoms with E-state index in [-0.39, 0.29) is 23.5 Å². The smallest absolute Gasteiger partial charge is 0.255 e. The van der Waals surface area contributed by atoms with Crippen molar-refractivity contribution in [2.75, 3.05) is 5.73 Å². The Kier molecular flexibility index (Phi) is 2.91. The summed E-state index contributed by atoms with van der Waals surface area (Å²) >= 11 is 0. The predicted octanol–water partition coefficient (Wildman–Crippen LogP) is 0.287. The molecule has 0 atom stereocenters. The lowest BCUT2D eigenvalue weighted by Crippen LogP contribution is -2.23. The molecule has 1 aromatic carbocycles. The molecule has 7 heteroatoms. The van der Waals surface area contributed by atoms with Crippen LogP contribution in [0.3, 0.4) is 0 Å². The van der Waals surface area contributed by atoms with E-state index < -0.39 is 5.91 Å². The average Bonchev–Trinajstić information content (AvgIpc) is 2.82. The number of phenolic OH excluding ortho intramolecular Hbond substituents is 1. The molecule has 0 spiro atoms. The van der Waals surface area contributed by atoms with Crippen molar-refractivity contribution in [3.05, 3.63) is 36.0 Å². The zero-order chi connectivity index (χ0) is 12.3. The van der Waals surface area contributed by atoms with E-state index >= 15 is 0 Å². The minimum atomic E-state index is -0.459. The number of aromatic hydroxyl groups is 1. The highest BCUT2D eigenvalue weighted by atomic mass is 16.5. The van der Waals surface area contributed by atoms with Crippen molar-refractivity contribution < 1.29 is 14.4 Å². The van der Waals surface area contributed by atoms with Gasteiger partial charge in [-0.05, 0) is 12.1 Å². The second-order valence-corrected chi connectivity index (χ2v) is 3.27. The van der Waals surface area contributed by atoms with Gasteiger partial charge in [-0.25, -0.2) is 0 Å². The molecule has 7 nitrogen and oxygen atoms in total. The van der Waals surface area contributed by atoms with Crippen molar-refractivity contribution >= 4 is 11.6 Å². The Balaban J connectivity index is 2.07. The third-order valence-corrected chi connectivity index (χ3v) is 2.13. The van der Waals surface area contributed by atoms with Gasteiger partial charge in [0.1, 0.15) is 0 Å². The first-order chi connectivity index (χ1) is 8.18. The molecular formula is C10H10N4O3. The summed E-state index contributed by atoms with van der Waals surface area (Å²) in [5.41, 5.74) is 5.73. The minimum absolute atomic E-state index is 0.105. The fourth-order valence-electron chi connectivity index (χ4n) is 1.27. The molecule has 1 amide bonds. The maximum Gasteiger partial charge on any atom is 0.255 e. The number of amides is 1. The maximum atomic E-state index is 11.7. The van der Waals surface area contributed by atoms with Gasteiger partial charge >= 0.3 is 0 Å². The fourth-order valence-corrected chi connectivity index (χ4v) is 1.27. The van der Waals surface area contributed by atoms with Crippen LogP contribution in [-0.4, -0.2) is 21.2 Å². The monoisotopic (exact) mass is 234 g/mol. The van der Waals surface area contributed by atoms with Gasteiger partial charge in [-0.1, -0.05) is 11.2 Å². The van der Waals surface area contributed by atoms with Gasteiger partial charge in [0.15, 0.2) is 11.6 Å². The number of phenols is 1. The summed E-state index contributed by atoms with van der Waals surface area (Å²) in [5.74, 6) is -0.348. The van der Waals surface area contributed by atoms with Crippen LogP contribution in [0.5, 0.6) is 5.75 Å². The van der Waals surface area contributed by atoms with Gasteiger partial charge in [0.25, 0.3) is 5.91 Å². The zero-order valence-electron chi connectivity index (χ0n) is 8.75. The molecule has 0 saturated heterocycles. The molecule has 2 aromatic rings.